The van der Waals surface area contributed by atoms with Crippen molar-refractivity contribution in [1.82, 2.24) is 20.6 Å². The number of halogens is 2. The lowest BCUT2D eigenvalue weighted by Crippen LogP contribution is -2.38. The summed E-state index contributed by atoms with van der Waals surface area (Å²) in [7, 11) is 1.75. The van der Waals surface area contributed by atoms with E-state index in [9.17, 15) is 0 Å². The molecule has 2 aromatic carbocycles. The quantitative estimate of drug-likeness (QED) is 0.272. The number of H-pyrrole nitrogens is 1. The highest BCUT2D eigenvalue weighted by Crippen LogP contribution is 2.16. The van der Waals surface area contributed by atoms with Gasteiger partial charge in [0.25, 0.3) is 0 Å². The zero-order valence-electron chi connectivity index (χ0n) is 15.1. The summed E-state index contributed by atoms with van der Waals surface area (Å²) in [6, 6.07) is 18.0. The number of aromatic nitrogens is 2. The lowest BCUT2D eigenvalue weighted by molar-refractivity contribution is 0.773. The number of imidazole rings is 1. The average molecular weight is 496 g/mol. The molecule has 1 aromatic heterocycles. The predicted molar refractivity (Wildman–Crippen MR) is 123 cm³/mol. The molecule has 142 valence electrons. The van der Waals surface area contributed by atoms with Gasteiger partial charge in [0.1, 0.15) is 5.82 Å². The van der Waals surface area contributed by atoms with Gasteiger partial charge < -0.3 is 15.6 Å². The maximum atomic E-state index is 6.18. The van der Waals surface area contributed by atoms with Crippen LogP contribution in [0.1, 0.15) is 11.4 Å². The van der Waals surface area contributed by atoms with E-state index in [1.807, 2.05) is 48.7 Å². The second-order valence-corrected chi connectivity index (χ2v) is 6.21. The van der Waals surface area contributed by atoms with Crippen molar-refractivity contribution in [3.63, 3.8) is 0 Å². The molecule has 1 heterocycles. The van der Waals surface area contributed by atoms with Crippen LogP contribution in [0.25, 0.3) is 11.3 Å². The Balaban J connectivity index is 0.00000261. The van der Waals surface area contributed by atoms with E-state index in [1.54, 1.807) is 7.05 Å². The van der Waals surface area contributed by atoms with E-state index in [0.29, 0.717) is 6.54 Å². The summed E-state index contributed by atoms with van der Waals surface area (Å²) in [4.78, 5) is 12.0. The Kier molecular flexibility index (Phi) is 8.60. The lowest BCUT2D eigenvalue weighted by atomic mass is 10.1. The Hall–Kier alpha value is -2.06. The standard InChI is InChI=1S/C20H22ClN5.HI/c1-22-20(23-12-11-15-7-5-6-10-17(15)21)25-14-19-24-13-18(26-19)16-8-3-2-4-9-16;/h2-10,13H,11-12,14H2,1H3,(H,24,26)(H2,22,23,25);1H. The van der Waals surface area contributed by atoms with Crippen LogP contribution in [0.2, 0.25) is 5.02 Å². The van der Waals surface area contributed by atoms with Crippen molar-refractivity contribution >= 4 is 41.5 Å². The van der Waals surface area contributed by atoms with Gasteiger partial charge in [0, 0.05) is 18.6 Å². The largest absolute Gasteiger partial charge is 0.356 e. The molecule has 3 aromatic rings. The molecule has 3 N–H and O–H groups in total. The Bertz CT molecular complexity index is 864. The van der Waals surface area contributed by atoms with Crippen LogP contribution < -0.4 is 10.6 Å². The molecule has 0 unspecified atom stereocenters. The van der Waals surface area contributed by atoms with Gasteiger partial charge in [-0.15, -0.1) is 24.0 Å². The summed E-state index contributed by atoms with van der Waals surface area (Å²) in [5, 5.41) is 7.35. The van der Waals surface area contributed by atoms with E-state index in [2.05, 4.69) is 37.7 Å². The fraction of sp³-hybridized carbons (Fsp3) is 0.200. The summed E-state index contributed by atoms with van der Waals surface area (Å²) in [5.74, 6) is 1.59. The average Bonchev–Trinajstić information content (AvgIpc) is 3.16. The van der Waals surface area contributed by atoms with Crippen LogP contribution in [0.3, 0.4) is 0 Å². The third-order valence-corrected chi connectivity index (χ3v) is 4.37. The molecule has 0 aliphatic carbocycles. The second-order valence-electron chi connectivity index (χ2n) is 5.80. The fourth-order valence-corrected chi connectivity index (χ4v) is 2.85. The Morgan fingerprint density at radius 1 is 1.07 bits per heavy atom. The number of nitrogens with zero attached hydrogens (tertiary/aromatic N) is 2. The molecule has 7 heteroatoms. The Morgan fingerprint density at radius 3 is 2.56 bits per heavy atom. The zero-order valence-corrected chi connectivity index (χ0v) is 18.2. The van der Waals surface area contributed by atoms with Crippen LogP contribution in [0.5, 0.6) is 0 Å². The molecule has 0 radical (unpaired) electrons. The van der Waals surface area contributed by atoms with Crippen LogP contribution in [-0.2, 0) is 13.0 Å². The highest BCUT2D eigenvalue weighted by Gasteiger charge is 2.05. The van der Waals surface area contributed by atoms with E-state index in [4.69, 9.17) is 11.6 Å². The zero-order chi connectivity index (χ0) is 18.2. The molecule has 0 spiro atoms. The molecule has 0 atom stereocenters. The highest BCUT2D eigenvalue weighted by molar-refractivity contribution is 14.0. The van der Waals surface area contributed by atoms with Gasteiger partial charge in [-0.3, -0.25) is 4.99 Å². The molecule has 0 fully saturated rings. The van der Waals surface area contributed by atoms with Gasteiger partial charge in [0.15, 0.2) is 5.96 Å². The maximum Gasteiger partial charge on any atom is 0.191 e. The number of nitrogens with one attached hydrogen (secondary N) is 3. The van der Waals surface area contributed by atoms with Gasteiger partial charge in [0.2, 0.25) is 0 Å². The van der Waals surface area contributed by atoms with Gasteiger partial charge in [-0.2, -0.15) is 0 Å². The first-order valence-corrected chi connectivity index (χ1v) is 8.91. The van der Waals surface area contributed by atoms with Crippen molar-refractivity contribution in [2.24, 2.45) is 4.99 Å². The predicted octanol–water partition coefficient (Wildman–Crippen LogP) is 4.26. The first-order valence-electron chi connectivity index (χ1n) is 8.53. The van der Waals surface area contributed by atoms with Crippen molar-refractivity contribution < 1.29 is 0 Å². The molecule has 3 rings (SSSR count). The topological polar surface area (TPSA) is 65.1 Å². The summed E-state index contributed by atoms with van der Waals surface area (Å²) in [6.45, 7) is 1.31. The molecule has 0 aliphatic heterocycles. The first-order chi connectivity index (χ1) is 12.8. The van der Waals surface area contributed by atoms with Crippen LogP contribution in [0, 0.1) is 0 Å². The van der Waals surface area contributed by atoms with E-state index in [-0.39, 0.29) is 24.0 Å². The molecule has 0 saturated carbocycles. The third kappa shape index (κ3) is 6.25. The summed E-state index contributed by atoms with van der Waals surface area (Å²) in [6.07, 6.45) is 2.68. The van der Waals surface area contributed by atoms with Gasteiger partial charge in [-0.25, -0.2) is 4.98 Å². The summed E-state index contributed by atoms with van der Waals surface area (Å²) in [5.41, 5.74) is 3.24. The normalized spacial score (nSPS) is 11.0. The number of aliphatic imine (C=N–C) groups is 1. The van der Waals surface area contributed by atoms with Crippen molar-refractivity contribution in [3.8, 4) is 11.3 Å². The molecule has 5 nitrogen and oxygen atoms in total. The number of aromatic amines is 1. The Morgan fingerprint density at radius 2 is 1.81 bits per heavy atom. The van der Waals surface area contributed by atoms with E-state index in [1.165, 1.54) is 0 Å². The maximum absolute atomic E-state index is 6.18. The van der Waals surface area contributed by atoms with Gasteiger partial charge in [-0.05, 0) is 23.6 Å². The van der Waals surface area contributed by atoms with E-state index in [0.717, 1.165) is 46.6 Å². The Labute approximate surface area is 181 Å². The van der Waals surface area contributed by atoms with Crippen molar-refractivity contribution in [3.05, 3.63) is 77.2 Å². The minimum atomic E-state index is 0. The van der Waals surface area contributed by atoms with Crippen molar-refractivity contribution in [2.75, 3.05) is 13.6 Å². The number of rotatable bonds is 6. The third-order valence-electron chi connectivity index (χ3n) is 4.00. The monoisotopic (exact) mass is 495 g/mol. The van der Waals surface area contributed by atoms with Gasteiger partial charge in [0.05, 0.1) is 18.4 Å². The number of guanidine groups is 1. The molecular weight excluding hydrogens is 473 g/mol. The van der Waals surface area contributed by atoms with Crippen LogP contribution in [0.15, 0.2) is 65.8 Å². The SMILES string of the molecule is CN=C(NCCc1ccccc1Cl)NCc1ncc(-c2ccccc2)[nH]1.I. The highest BCUT2D eigenvalue weighted by atomic mass is 127. The fourth-order valence-electron chi connectivity index (χ4n) is 2.62. The van der Waals surface area contributed by atoms with Crippen LogP contribution >= 0.6 is 35.6 Å². The van der Waals surface area contributed by atoms with Gasteiger partial charge in [-0.1, -0.05) is 60.1 Å². The van der Waals surface area contributed by atoms with Crippen LogP contribution in [-0.4, -0.2) is 29.5 Å². The molecule has 0 aliphatic rings. The lowest BCUT2D eigenvalue weighted by Gasteiger charge is -2.11. The van der Waals surface area contributed by atoms with Crippen molar-refractivity contribution in [2.45, 2.75) is 13.0 Å². The summed E-state index contributed by atoms with van der Waals surface area (Å²) >= 11 is 6.18. The minimum absolute atomic E-state index is 0. The number of hydrogen-bond acceptors (Lipinski definition) is 2. The molecule has 27 heavy (non-hydrogen) atoms. The first kappa shape index (κ1) is 21.2. The van der Waals surface area contributed by atoms with E-state index < -0.39 is 0 Å². The minimum Gasteiger partial charge on any atom is -0.356 e. The molecule has 0 bridgehead atoms. The second kappa shape index (κ2) is 10.9. The molecule has 0 amide bonds. The smallest absolute Gasteiger partial charge is 0.191 e. The molecule has 0 saturated heterocycles. The number of hydrogen-bond donors (Lipinski definition) is 3. The van der Waals surface area contributed by atoms with Crippen molar-refractivity contribution in [1.29, 1.82) is 0 Å². The molecular formula is C20H23ClIN5. The summed E-state index contributed by atoms with van der Waals surface area (Å²) < 4.78 is 0. The van der Waals surface area contributed by atoms with E-state index >= 15 is 0 Å². The van der Waals surface area contributed by atoms with Gasteiger partial charge >= 0.3 is 0 Å². The van der Waals surface area contributed by atoms with Crippen LogP contribution in [0.4, 0.5) is 0 Å². The number of benzene rings is 2.